The van der Waals surface area contributed by atoms with E-state index in [9.17, 15) is 18.4 Å². The largest absolute Gasteiger partial charge is 0.444 e. The SMILES string of the molecule is C[C@@H]1CN(C(=O)c2cc(Br)c(F)cc2F)CCN1C(=O)OC(C)(C)C. The van der Waals surface area contributed by atoms with Gasteiger partial charge in [0.05, 0.1) is 10.0 Å². The molecular formula is C17H21BrF2N2O3. The van der Waals surface area contributed by atoms with E-state index in [2.05, 4.69) is 15.9 Å². The van der Waals surface area contributed by atoms with Crippen molar-refractivity contribution in [2.45, 2.75) is 39.3 Å². The summed E-state index contributed by atoms with van der Waals surface area (Å²) in [7, 11) is 0. The highest BCUT2D eigenvalue weighted by atomic mass is 79.9. The number of hydrogen-bond acceptors (Lipinski definition) is 3. The number of piperazine rings is 1. The molecule has 0 bridgehead atoms. The van der Waals surface area contributed by atoms with Crippen LogP contribution in [0.5, 0.6) is 0 Å². The number of carbonyl (C=O) groups is 2. The van der Waals surface area contributed by atoms with Gasteiger partial charge in [0.2, 0.25) is 0 Å². The number of benzene rings is 1. The van der Waals surface area contributed by atoms with Gasteiger partial charge in [-0.3, -0.25) is 4.79 Å². The summed E-state index contributed by atoms with van der Waals surface area (Å²) in [5.41, 5.74) is -0.806. The average molecular weight is 419 g/mol. The third kappa shape index (κ3) is 4.68. The van der Waals surface area contributed by atoms with E-state index in [1.165, 1.54) is 4.90 Å². The zero-order valence-corrected chi connectivity index (χ0v) is 16.2. The summed E-state index contributed by atoms with van der Waals surface area (Å²) in [6, 6.07) is 1.54. The number of halogens is 3. The average Bonchev–Trinajstić information content (AvgIpc) is 2.48. The molecule has 0 N–H and O–H groups in total. The molecule has 2 rings (SSSR count). The lowest BCUT2D eigenvalue weighted by molar-refractivity contribution is 0.00190. The fourth-order valence-electron chi connectivity index (χ4n) is 2.59. The summed E-state index contributed by atoms with van der Waals surface area (Å²) in [6.45, 7) is 7.91. The molecule has 0 aromatic heterocycles. The summed E-state index contributed by atoms with van der Waals surface area (Å²) in [5, 5.41) is 0. The van der Waals surface area contributed by atoms with Gasteiger partial charge in [-0.15, -0.1) is 0 Å². The number of carbonyl (C=O) groups excluding carboxylic acids is 2. The first-order valence-corrected chi connectivity index (χ1v) is 8.72. The Labute approximate surface area is 154 Å². The van der Waals surface area contributed by atoms with Crippen LogP contribution in [0.4, 0.5) is 13.6 Å². The Morgan fingerprint density at radius 1 is 1.20 bits per heavy atom. The van der Waals surface area contributed by atoms with Crippen LogP contribution in [-0.4, -0.2) is 53.1 Å². The van der Waals surface area contributed by atoms with Crippen LogP contribution in [0.1, 0.15) is 38.1 Å². The predicted molar refractivity (Wildman–Crippen MR) is 92.4 cm³/mol. The molecule has 1 aromatic rings. The van der Waals surface area contributed by atoms with Crippen LogP contribution in [-0.2, 0) is 4.74 Å². The van der Waals surface area contributed by atoms with Crippen LogP contribution in [0.15, 0.2) is 16.6 Å². The first kappa shape index (κ1) is 19.6. The zero-order valence-electron chi connectivity index (χ0n) is 14.6. The van der Waals surface area contributed by atoms with Gasteiger partial charge in [0, 0.05) is 31.7 Å². The molecular weight excluding hydrogens is 398 g/mol. The van der Waals surface area contributed by atoms with E-state index in [1.807, 2.05) is 0 Å². The molecule has 138 valence electrons. The van der Waals surface area contributed by atoms with Crippen molar-refractivity contribution in [1.29, 1.82) is 0 Å². The van der Waals surface area contributed by atoms with Crippen LogP contribution < -0.4 is 0 Å². The normalized spacial score (nSPS) is 18.3. The molecule has 0 radical (unpaired) electrons. The number of nitrogens with zero attached hydrogens (tertiary/aromatic N) is 2. The molecule has 25 heavy (non-hydrogen) atoms. The van der Waals surface area contributed by atoms with Crippen molar-refractivity contribution in [2.24, 2.45) is 0 Å². The van der Waals surface area contributed by atoms with Crippen LogP contribution in [0.25, 0.3) is 0 Å². The van der Waals surface area contributed by atoms with E-state index in [0.717, 1.165) is 6.07 Å². The van der Waals surface area contributed by atoms with Gasteiger partial charge in [-0.25, -0.2) is 13.6 Å². The van der Waals surface area contributed by atoms with Crippen molar-refractivity contribution in [3.63, 3.8) is 0 Å². The van der Waals surface area contributed by atoms with Crippen LogP contribution in [0.2, 0.25) is 0 Å². The van der Waals surface area contributed by atoms with Crippen molar-refractivity contribution in [2.75, 3.05) is 19.6 Å². The highest BCUT2D eigenvalue weighted by Crippen LogP contribution is 2.23. The monoisotopic (exact) mass is 418 g/mol. The smallest absolute Gasteiger partial charge is 0.410 e. The molecule has 5 nitrogen and oxygen atoms in total. The van der Waals surface area contributed by atoms with Gasteiger partial charge >= 0.3 is 6.09 Å². The lowest BCUT2D eigenvalue weighted by atomic mass is 10.1. The maximum atomic E-state index is 13.9. The zero-order chi connectivity index (χ0) is 18.9. The Balaban J connectivity index is 2.09. The second-order valence-electron chi connectivity index (χ2n) is 7.02. The van der Waals surface area contributed by atoms with Crippen molar-refractivity contribution < 1.29 is 23.1 Å². The van der Waals surface area contributed by atoms with Crippen molar-refractivity contribution in [3.8, 4) is 0 Å². The minimum Gasteiger partial charge on any atom is -0.444 e. The molecule has 1 fully saturated rings. The standard InChI is InChI=1S/C17H21BrF2N2O3/c1-10-9-21(5-6-22(10)16(24)25-17(2,3)4)15(23)11-7-12(18)14(20)8-13(11)19/h7-8,10H,5-6,9H2,1-4H3/t10-/m1/s1. The minimum absolute atomic E-state index is 0.0256. The van der Waals surface area contributed by atoms with Crippen LogP contribution in [0.3, 0.4) is 0 Å². The second-order valence-corrected chi connectivity index (χ2v) is 7.87. The van der Waals surface area contributed by atoms with E-state index in [1.54, 1.807) is 32.6 Å². The van der Waals surface area contributed by atoms with E-state index >= 15 is 0 Å². The van der Waals surface area contributed by atoms with Gasteiger partial charge in [-0.1, -0.05) is 0 Å². The minimum atomic E-state index is -0.909. The second kappa shape index (κ2) is 7.27. The molecule has 2 amide bonds. The van der Waals surface area contributed by atoms with Gasteiger partial charge in [0.15, 0.2) is 0 Å². The van der Waals surface area contributed by atoms with Gasteiger partial charge in [0.1, 0.15) is 17.2 Å². The molecule has 0 spiro atoms. The summed E-state index contributed by atoms with van der Waals surface area (Å²) in [5.74, 6) is -2.21. The Bertz CT molecular complexity index is 691. The van der Waals surface area contributed by atoms with Crippen molar-refractivity contribution in [1.82, 2.24) is 9.80 Å². The topological polar surface area (TPSA) is 49.9 Å². The van der Waals surface area contributed by atoms with E-state index in [-0.39, 0.29) is 35.7 Å². The number of rotatable bonds is 1. The van der Waals surface area contributed by atoms with Gasteiger partial charge < -0.3 is 14.5 Å². The maximum absolute atomic E-state index is 13.9. The Morgan fingerprint density at radius 2 is 1.84 bits per heavy atom. The van der Waals surface area contributed by atoms with Gasteiger partial charge in [-0.2, -0.15) is 0 Å². The molecule has 1 heterocycles. The maximum Gasteiger partial charge on any atom is 0.410 e. The number of hydrogen-bond donors (Lipinski definition) is 0. The molecule has 0 saturated carbocycles. The van der Waals surface area contributed by atoms with Crippen LogP contribution in [0, 0.1) is 11.6 Å². The third-order valence-electron chi connectivity index (χ3n) is 3.78. The summed E-state index contributed by atoms with van der Waals surface area (Å²) in [4.78, 5) is 27.7. The van der Waals surface area contributed by atoms with E-state index in [0.29, 0.717) is 6.07 Å². The lowest BCUT2D eigenvalue weighted by Gasteiger charge is -2.40. The summed E-state index contributed by atoms with van der Waals surface area (Å²) < 4.78 is 32.6. The fourth-order valence-corrected chi connectivity index (χ4v) is 2.93. The van der Waals surface area contributed by atoms with Crippen molar-refractivity contribution in [3.05, 3.63) is 33.8 Å². The molecule has 1 saturated heterocycles. The quantitative estimate of drug-likeness (QED) is 0.651. The molecule has 1 atom stereocenters. The van der Waals surface area contributed by atoms with Crippen LogP contribution >= 0.6 is 15.9 Å². The van der Waals surface area contributed by atoms with E-state index < -0.39 is 29.2 Å². The molecule has 1 aromatic carbocycles. The Kier molecular flexibility index (Phi) is 5.71. The number of ether oxygens (including phenoxy) is 1. The Hall–Kier alpha value is -1.70. The first-order valence-electron chi connectivity index (χ1n) is 7.93. The molecule has 0 aliphatic carbocycles. The van der Waals surface area contributed by atoms with Gasteiger partial charge in [0.25, 0.3) is 5.91 Å². The number of amides is 2. The first-order chi connectivity index (χ1) is 11.5. The summed E-state index contributed by atoms with van der Waals surface area (Å²) in [6.07, 6.45) is -0.442. The van der Waals surface area contributed by atoms with E-state index in [4.69, 9.17) is 4.74 Å². The lowest BCUT2D eigenvalue weighted by Crippen LogP contribution is -2.56. The highest BCUT2D eigenvalue weighted by Gasteiger charge is 2.33. The molecule has 1 aliphatic rings. The fraction of sp³-hybridized carbons (Fsp3) is 0.529. The summed E-state index contributed by atoms with van der Waals surface area (Å²) >= 11 is 2.96. The molecule has 1 aliphatic heterocycles. The third-order valence-corrected chi connectivity index (χ3v) is 4.39. The molecule has 8 heteroatoms. The van der Waals surface area contributed by atoms with Gasteiger partial charge in [-0.05, 0) is 49.7 Å². The van der Waals surface area contributed by atoms with Crippen molar-refractivity contribution >= 4 is 27.9 Å². The highest BCUT2D eigenvalue weighted by molar-refractivity contribution is 9.10. The predicted octanol–water partition coefficient (Wildman–Crippen LogP) is 3.81. The Morgan fingerprint density at radius 3 is 2.40 bits per heavy atom. The molecule has 0 unspecified atom stereocenters.